The van der Waals surface area contributed by atoms with E-state index in [9.17, 15) is 4.79 Å². The number of nitriles is 1. The van der Waals surface area contributed by atoms with Crippen molar-refractivity contribution in [1.82, 2.24) is 0 Å². The van der Waals surface area contributed by atoms with E-state index in [1.165, 1.54) is 0 Å². The van der Waals surface area contributed by atoms with Crippen LogP contribution in [0.15, 0.2) is 18.2 Å². The topological polar surface area (TPSA) is 50.1 Å². The van der Waals surface area contributed by atoms with Crippen LogP contribution in [0.2, 0.25) is 0 Å². The van der Waals surface area contributed by atoms with Crippen LogP contribution in [0.3, 0.4) is 0 Å². The van der Waals surface area contributed by atoms with Gasteiger partial charge in [0, 0.05) is 12.7 Å². The lowest BCUT2D eigenvalue weighted by atomic mass is 10.0. The van der Waals surface area contributed by atoms with Crippen molar-refractivity contribution in [2.75, 3.05) is 7.11 Å². The van der Waals surface area contributed by atoms with Gasteiger partial charge in [-0.1, -0.05) is 18.2 Å². The Morgan fingerprint density at radius 1 is 1.56 bits per heavy atom. The Balaban J connectivity index is 3.62. The first-order chi connectivity index (χ1) is 8.67. The highest BCUT2D eigenvalue weighted by Gasteiger charge is 2.09. The van der Waals surface area contributed by atoms with Crippen LogP contribution >= 0.6 is 0 Å². The van der Waals surface area contributed by atoms with Gasteiger partial charge in [0.25, 0.3) is 0 Å². The van der Waals surface area contributed by atoms with Crippen LogP contribution in [0.4, 0.5) is 0 Å². The fraction of sp³-hybridized carbons (Fsp3) is 0.333. The number of methoxy groups -OCH3 is 1. The summed E-state index contributed by atoms with van der Waals surface area (Å²) in [7, 11) is 1.62. The molecule has 0 saturated heterocycles. The molecule has 0 radical (unpaired) electrons. The third kappa shape index (κ3) is 3.06. The highest BCUT2D eigenvalue weighted by Crippen LogP contribution is 2.08. The van der Waals surface area contributed by atoms with Gasteiger partial charge in [-0.25, -0.2) is 0 Å². The lowest BCUT2D eigenvalue weighted by Crippen LogP contribution is -2.31. The molecule has 0 aliphatic heterocycles. The SMILES string of the molecule is C/C=c1/cc(C=O)cc/c1=C(\CC#N)C(C)OC. The van der Waals surface area contributed by atoms with Crippen molar-refractivity contribution in [2.24, 2.45) is 0 Å². The molecule has 0 fully saturated rings. The Kier molecular flexibility index (Phi) is 5.29. The van der Waals surface area contributed by atoms with Crippen molar-refractivity contribution in [3.8, 4) is 6.07 Å². The van der Waals surface area contributed by atoms with E-state index in [0.717, 1.165) is 22.3 Å². The number of nitrogens with zero attached hydrogens (tertiary/aromatic N) is 1. The largest absolute Gasteiger partial charge is 0.377 e. The fourth-order valence-electron chi connectivity index (χ4n) is 1.87. The second-order valence-electron chi connectivity index (χ2n) is 3.99. The first-order valence-corrected chi connectivity index (χ1v) is 5.82. The van der Waals surface area contributed by atoms with Crippen molar-refractivity contribution >= 4 is 17.9 Å². The quantitative estimate of drug-likeness (QED) is 0.751. The Bertz CT molecular complexity index is 581. The number of carbonyl (C=O) groups excluding carboxylic acids is 1. The minimum Gasteiger partial charge on any atom is -0.377 e. The van der Waals surface area contributed by atoms with Gasteiger partial charge in [-0.05, 0) is 35.9 Å². The van der Waals surface area contributed by atoms with Gasteiger partial charge in [0.05, 0.1) is 18.6 Å². The summed E-state index contributed by atoms with van der Waals surface area (Å²) < 4.78 is 5.30. The second kappa shape index (κ2) is 6.73. The number of aldehydes is 1. The summed E-state index contributed by atoms with van der Waals surface area (Å²) in [5.41, 5.74) is 1.57. The van der Waals surface area contributed by atoms with Crippen molar-refractivity contribution in [1.29, 1.82) is 5.26 Å². The molecule has 0 N–H and O–H groups in total. The van der Waals surface area contributed by atoms with E-state index in [1.54, 1.807) is 13.2 Å². The van der Waals surface area contributed by atoms with Gasteiger partial charge in [-0.2, -0.15) is 5.26 Å². The molecule has 0 saturated carbocycles. The highest BCUT2D eigenvalue weighted by molar-refractivity contribution is 5.75. The molecular formula is C15H17NO2. The molecule has 3 nitrogen and oxygen atoms in total. The Morgan fingerprint density at radius 2 is 2.28 bits per heavy atom. The lowest BCUT2D eigenvalue weighted by Gasteiger charge is -2.12. The van der Waals surface area contributed by atoms with Gasteiger partial charge >= 0.3 is 0 Å². The summed E-state index contributed by atoms with van der Waals surface area (Å²) in [6, 6.07) is 7.62. The second-order valence-corrected chi connectivity index (χ2v) is 3.99. The summed E-state index contributed by atoms with van der Waals surface area (Å²) >= 11 is 0. The predicted molar refractivity (Wildman–Crippen MR) is 71.3 cm³/mol. The summed E-state index contributed by atoms with van der Waals surface area (Å²) in [5, 5.41) is 10.8. The molecule has 0 aromatic heterocycles. The van der Waals surface area contributed by atoms with Crippen molar-refractivity contribution in [3.63, 3.8) is 0 Å². The molecule has 1 aromatic carbocycles. The van der Waals surface area contributed by atoms with Gasteiger partial charge in [-0.3, -0.25) is 4.79 Å². The zero-order valence-electron chi connectivity index (χ0n) is 10.9. The van der Waals surface area contributed by atoms with Gasteiger partial charge in [0.15, 0.2) is 0 Å². The molecule has 0 spiro atoms. The van der Waals surface area contributed by atoms with E-state index in [-0.39, 0.29) is 6.10 Å². The van der Waals surface area contributed by atoms with E-state index in [4.69, 9.17) is 10.00 Å². The van der Waals surface area contributed by atoms with Crippen molar-refractivity contribution in [3.05, 3.63) is 34.2 Å². The molecule has 94 valence electrons. The standard InChI is InChI=1S/C15H17NO2/c1-4-13-9-12(10-17)5-6-15(13)14(7-8-16)11(2)18-3/h4-6,9-11H,7H2,1-3H3/b13-4-,15-14-. The van der Waals surface area contributed by atoms with Crippen LogP contribution in [0.25, 0.3) is 11.6 Å². The smallest absolute Gasteiger partial charge is 0.150 e. The molecule has 0 aliphatic carbocycles. The molecule has 1 rings (SSSR count). The molecule has 1 atom stereocenters. The van der Waals surface area contributed by atoms with Crippen LogP contribution in [-0.4, -0.2) is 19.5 Å². The summed E-state index contributed by atoms with van der Waals surface area (Å²) in [6.07, 6.45) is 2.95. The molecule has 1 unspecified atom stereocenters. The molecule has 3 heteroatoms. The minimum atomic E-state index is -0.120. The molecular weight excluding hydrogens is 226 g/mol. The molecule has 0 bridgehead atoms. The Morgan fingerprint density at radius 3 is 2.78 bits per heavy atom. The average molecular weight is 243 g/mol. The van der Waals surface area contributed by atoms with Crippen LogP contribution in [0.1, 0.15) is 30.6 Å². The first-order valence-electron chi connectivity index (χ1n) is 5.82. The number of carbonyl (C=O) groups is 1. The highest BCUT2D eigenvalue weighted by atomic mass is 16.5. The zero-order valence-corrected chi connectivity index (χ0v) is 10.9. The van der Waals surface area contributed by atoms with Gasteiger partial charge in [0.1, 0.15) is 6.29 Å². The summed E-state index contributed by atoms with van der Waals surface area (Å²) in [6.45, 7) is 3.83. The molecule has 1 aromatic rings. The van der Waals surface area contributed by atoms with E-state index in [2.05, 4.69) is 6.07 Å². The van der Waals surface area contributed by atoms with E-state index in [1.807, 2.05) is 32.1 Å². The van der Waals surface area contributed by atoms with Crippen LogP contribution < -0.4 is 10.4 Å². The summed E-state index contributed by atoms with van der Waals surface area (Å²) in [5.74, 6) is 0. The minimum absolute atomic E-state index is 0.120. The fourth-order valence-corrected chi connectivity index (χ4v) is 1.87. The molecule has 0 heterocycles. The van der Waals surface area contributed by atoms with E-state index < -0.39 is 0 Å². The molecule has 0 aliphatic rings. The van der Waals surface area contributed by atoms with Crippen LogP contribution in [0.5, 0.6) is 0 Å². The maximum Gasteiger partial charge on any atom is 0.150 e. The third-order valence-electron chi connectivity index (χ3n) is 2.98. The summed E-state index contributed by atoms with van der Waals surface area (Å²) in [4.78, 5) is 10.8. The number of hydrogen-bond donors (Lipinski definition) is 0. The Labute approximate surface area is 107 Å². The normalized spacial score (nSPS) is 14.9. The zero-order chi connectivity index (χ0) is 13.5. The first kappa shape index (κ1) is 14.1. The average Bonchev–Trinajstić information content (AvgIpc) is 2.43. The molecule has 0 amide bonds. The monoisotopic (exact) mass is 243 g/mol. The van der Waals surface area contributed by atoms with Gasteiger partial charge in [-0.15, -0.1) is 0 Å². The van der Waals surface area contributed by atoms with E-state index >= 15 is 0 Å². The maximum absolute atomic E-state index is 10.8. The predicted octanol–water partition coefficient (Wildman–Crippen LogP) is 1.40. The lowest BCUT2D eigenvalue weighted by molar-refractivity contribution is 0.112. The Hall–Kier alpha value is -1.92. The van der Waals surface area contributed by atoms with Gasteiger partial charge < -0.3 is 4.74 Å². The molecule has 18 heavy (non-hydrogen) atoms. The maximum atomic E-state index is 10.8. The van der Waals surface area contributed by atoms with Crippen LogP contribution in [-0.2, 0) is 4.74 Å². The third-order valence-corrected chi connectivity index (χ3v) is 2.98. The van der Waals surface area contributed by atoms with Gasteiger partial charge in [0.2, 0.25) is 0 Å². The number of ether oxygens (including phenoxy) is 1. The number of hydrogen-bond acceptors (Lipinski definition) is 3. The number of benzene rings is 1. The van der Waals surface area contributed by atoms with E-state index in [0.29, 0.717) is 12.0 Å². The van der Waals surface area contributed by atoms with Crippen molar-refractivity contribution < 1.29 is 9.53 Å². The van der Waals surface area contributed by atoms with Crippen LogP contribution in [0, 0.1) is 11.3 Å². The number of rotatable bonds is 4. The van der Waals surface area contributed by atoms with Crippen molar-refractivity contribution in [2.45, 2.75) is 26.4 Å².